The average molecular weight is 204 g/mol. The lowest BCUT2D eigenvalue weighted by molar-refractivity contribution is 0.537. The van der Waals surface area contributed by atoms with Gasteiger partial charge < -0.3 is 5.32 Å². The number of nitrogens with one attached hydrogen (secondary N) is 1. The third kappa shape index (κ3) is 2.15. The molecule has 0 aliphatic rings. The maximum absolute atomic E-state index is 4.53. The van der Waals surface area contributed by atoms with Crippen molar-refractivity contribution in [3.8, 4) is 0 Å². The number of hydrogen-bond acceptors (Lipinski definition) is 3. The molecule has 15 heavy (non-hydrogen) atoms. The fourth-order valence-corrected chi connectivity index (χ4v) is 1.67. The standard InChI is InChI=1S/C11H16N4/c1-3-9(12-2)8-10-5-7-15-11(14-10)4-6-13-15/h4-7,9,12H,3,8H2,1-2H3. The largest absolute Gasteiger partial charge is 0.317 e. The summed E-state index contributed by atoms with van der Waals surface area (Å²) in [5.74, 6) is 0. The average Bonchev–Trinajstić information content (AvgIpc) is 2.73. The molecule has 1 atom stereocenters. The van der Waals surface area contributed by atoms with Gasteiger partial charge in [0.25, 0.3) is 0 Å². The molecule has 0 aliphatic heterocycles. The van der Waals surface area contributed by atoms with Crippen LogP contribution < -0.4 is 5.32 Å². The Hall–Kier alpha value is -1.42. The molecule has 1 unspecified atom stereocenters. The number of likely N-dealkylation sites (N-methyl/N-ethyl adjacent to an activating group) is 1. The van der Waals surface area contributed by atoms with Gasteiger partial charge in [-0.1, -0.05) is 6.92 Å². The first-order chi connectivity index (χ1) is 7.33. The van der Waals surface area contributed by atoms with E-state index >= 15 is 0 Å². The summed E-state index contributed by atoms with van der Waals surface area (Å²) >= 11 is 0. The Balaban J connectivity index is 2.20. The minimum absolute atomic E-state index is 0.503. The van der Waals surface area contributed by atoms with E-state index in [-0.39, 0.29) is 0 Å². The van der Waals surface area contributed by atoms with Gasteiger partial charge in [0.15, 0.2) is 5.65 Å². The highest BCUT2D eigenvalue weighted by molar-refractivity contribution is 5.36. The predicted molar refractivity (Wildman–Crippen MR) is 59.8 cm³/mol. The number of aromatic nitrogens is 3. The smallest absolute Gasteiger partial charge is 0.155 e. The van der Waals surface area contributed by atoms with Gasteiger partial charge in [-0.2, -0.15) is 5.10 Å². The Bertz CT molecular complexity index is 431. The zero-order valence-electron chi connectivity index (χ0n) is 9.14. The van der Waals surface area contributed by atoms with Crippen LogP contribution in [0.3, 0.4) is 0 Å². The Morgan fingerprint density at radius 1 is 1.47 bits per heavy atom. The lowest BCUT2D eigenvalue weighted by Gasteiger charge is -2.12. The van der Waals surface area contributed by atoms with E-state index in [2.05, 4.69) is 22.3 Å². The first kappa shape index (κ1) is 10.1. The van der Waals surface area contributed by atoms with Crippen molar-refractivity contribution in [3.05, 3.63) is 30.2 Å². The summed E-state index contributed by atoms with van der Waals surface area (Å²) in [6, 6.07) is 4.45. The molecule has 0 saturated carbocycles. The molecule has 2 aromatic rings. The number of rotatable bonds is 4. The van der Waals surface area contributed by atoms with E-state index in [9.17, 15) is 0 Å². The Labute approximate surface area is 89.3 Å². The van der Waals surface area contributed by atoms with Crippen LogP contribution in [0.1, 0.15) is 19.0 Å². The molecule has 0 radical (unpaired) electrons. The number of hydrogen-bond donors (Lipinski definition) is 1. The first-order valence-corrected chi connectivity index (χ1v) is 5.30. The van der Waals surface area contributed by atoms with Crippen LogP contribution >= 0.6 is 0 Å². The summed E-state index contributed by atoms with van der Waals surface area (Å²) in [6.07, 6.45) is 5.80. The van der Waals surface area contributed by atoms with E-state index < -0.39 is 0 Å². The van der Waals surface area contributed by atoms with E-state index in [0.717, 1.165) is 24.2 Å². The van der Waals surface area contributed by atoms with E-state index in [0.29, 0.717) is 6.04 Å². The summed E-state index contributed by atoms with van der Waals surface area (Å²) in [4.78, 5) is 4.53. The number of fused-ring (bicyclic) bond motifs is 1. The molecule has 0 bridgehead atoms. The second-order valence-corrected chi connectivity index (χ2v) is 3.65. The third-order valence-electron chi connectivity index (χ3n) is 2.67. The molecule has 0 aromatic carbocycles. The highest BCUT2D eigenvalue weighted by atomic mass is 15.2. The maximum atomic E-state index is 4.53. The van der Waals surface area contributed by atoms with Crippen molar-refractivity contribution in [1.82, 2.24) is 19.9 Å². The van der Waals surface area contributed by atoms with Gasteiger partial charge in [-0.3, -0.25) is 0 Å². The second kappa shape index (κ2) is 4.40. The quantitative estimate of drug-likeness (QED) is 0.815. The highest BCUT2D eigenvalue weighted by Crippen LogP contribution is 2.05. The monoisotopic (exact) mass is 204 g/mol. The van der Waals surface area contributed by atoms with Crippen molar-refractivity contribution in [2.45, 2.75) is 25.8 Å². The molecule has 0 fully saturated rings. The van der Waals surface area contributed by atoms with Gasteiger partial charge in [-0.25, -0.2) is 9.50 Å². The lowest BCUT2D eigenvalue weighted by atomic mass is 10.1. The lowest BCUT2D eigenvalue weighted by Crippen LogP contribution is -2.26. The van der Waals surface area contributed by atoms with E-state index in [1.165, 1.54) is 0 Å². The summed E-state index contributed by atoms with van der Waals surface area (Å²) in [5, 5.41) is 7.40. The summed E-state index contributed by atoms with van der Waals surface area (Å²) < 4.78 is 1.78. The Kier molecular flexibility index (Phi) is 2.97. The van der Waals surface area contributed by atoms with Crippen molar-refractivity contribution in [3.63, 3.8) is 0 Å². The van der Waals surface area contributed by atoms with Gasteiger partial charge >= 0.3 is 0 Å². The molecule has 0 saturated heterocycles. The summed E-state index contributed by atoms with van der Waals surface area (Å²) in [7, 11) is 1.99. The fraction of sp³-hybridized carbons (Fsp3) is 0.455. The van der Waals surface area contributed by atoms with Gasteiger partial charge in [0.2, 0.25) is 0 Å². The SMILES string of the molecule is CCC(Cc1ccn2nccc2n1)NC. The molecular weight excluding hydrogens is 188 g/mol. The number of nitrogens with zero attached hydrogens (tertiary/aromatic N) is 3. The molecule has 0 spiro atoms. The molecule has 2 rings (SSSR count). The van der Waals surface area contributed by atoms with Crippen LogP contribution in [0.15, 0.2) is 24.5 Å². The topological polar surface area (TPSA) is 42.2 Å². The fourth-order valence-electron chi connectivity index (χ4n) is 1.67. The minimum Gasteiger partial charge on any atom is -0.317 e. The van der Waals surface area contributed by atoms with E-state index in [1.807, 2.05) is 25.4 Å². The Morgan fingerprint density at radius 3 is 3.07 bits per heavy atom. The van der Waals surface area contributed by atoms with Crippen LogP contribution in [0.25, 0.3) is 5.65 Å². The van der Waals surface area contributed by atoms with Crippen LogP contribution in [0.4, 0.5) is 0 Å². The van der Waals surface area contributed by atoms with E-state index in [1.54, 1.807) is 10.7 Å². The molecule has 80 valence electrons. The molecule has 2 aromatic heterocycles. The van der Waals surface area contributed by atoms with Crippen molar-refractivity contribution < 1.29 is 0 Å². The van der Waals surface area contributed by atoms with Crippen LogP contribution in [0.5, 0.6) is 0 Å². The van der Waals surface area contributed by atoms with Gasteiger partial charge in [0.1, 0.15) is 0 Å². The van der Waals surface area contributed by atoms with Crippen molar-refractivity contribution in [2.75, 3.05) is 7.05 Å². The molecule has 4 nitrogen and oxygen atoms in total. The first-order valence-electron chi connectivity index (χ1n) is 5.30. The van der Waals surface area contributed by atoms with Gasteiger partial charge in [-0.05, 0) is 19.5 Å². The van der Waals surface area contributed by atoms with Crippen LogP contribution in [-0.4, -0.2) is 27.7 Å². The van der Waals surface area contributed by atoms with Crippen LogP contribution in [0, 0.1) is 0 Å². The molecule has 0 aliphatic carbocycles. The minimum atomic E-state index is 0.503. The zero-order valence-corrected chi connectivity index (χ0v) is 9.14. The maximum Gasteiger partial charge on any atom is 0.155 e. The second-order valence-electron chi connectivity index (χ2n) is 3.65. The summed E-state index contributed by atoms with van der Waals surface area (Å²) in [5.41, 5.74) is 2.03. The Morgan fingerprint density at radius 2 is 2.33 bits per heavy atom. The van der Waals surface area contributed by atoms with Crippen molar-refractivity contribution >= 4 is 5.65 Å². The molecule has 1 N–H and O–H groups in total. The predicted octanol–water partition coefficient (Wildman–Crippen LogP) is 1.27. The van der Waals surface area contributed by atoms with Gasteiger partial charge in [-0.15, -0.1) is 0 Å². The molecule has 4 heteroatoms. The molecule has 2 heterocycles. The van der Waals surface area contributed by atoms with Crippen molar-refractivity contribution in [2.24, 2.45) is 0 Å². The van der Waals surface area contributed by atoms with Crippen LogP contribution in [0.2, 0.25) is 0 Å². The van der Waals surface area contributed by atoms with Gasteiger partial charge in [0.05, 0.1) is 6.20 Å². The molecular formula is C11H16N4. The summed E-state index contributed by atoms with van der Waals surface area (Å²) in [6.45, 7) is 2.18. The van der Waals surface area contributed by atoms with Crippen molar-refractivity contribution in [1.29, 1.82) is 0 Å². The molecule has 0 amide bonds. The highest BCUT2D eigenvalue weighted by Gasteiger charge is 2.06. The third-order valence-corrected chi connectivity index (χ3v) is 2.67. The zero-order chi connectivity index (χ0) is 10.7. The van der Waals surface area contributed by atoms with Gasteiger partial charge in [0, 0.05) is 30.4 Å². The normalized spacial score (nSPS) is 13.2. The van der Waals surface area contributed by atoms with E-state index in [4.69, 9.17) is 0 Å². The van der Waals surface area contributed by atoms with Crippen LogP contribution in [-0.2, 0) is 6.42 Å².